The van der Waals surface area contributed by atoms with Gasteiger partial charge >= 0.3 is 0 Å². The topological polar surface area (TPSA) is 12.5 Å². The molecule has 1 rings (SSSR count). The normalized spacial score (nSPS) is 18.2. The van der Waals surface area contributed by atoms with Crippen LogP contribution in [0.2, 0.25) is 0 Å². The van der Waals surface area contributed by atoms with E-state index >= 15 is 0 Å². The van der Waals surface area contributed by atoms with Crippen LogP contribution in [0.25, 0.3) is 0 Å². The minimum atomic E-state index is 0.778. The highest BCUT2D eigenvalue weighted by molar-refractivity contribution is 7.80. The van der Waals surface area contributed by atoms with E-state index in [9.17, 15) is 0 Å². The summed E-state index contributed by atoms with van der Waals surface area (Å²) in [6.07, 6.45) is 5.74. The summed E-state index contributed by atoms with van der Waals surface area (Å²) in [5, 5.41) is 0. The van der Waals surface area contributed by atoms with E-state index in [4.69, 9.17) is 4.74 Å². The number of nitrogens with zero attached hydrogens (tertiary/aromatic N) is 1. The lowest BCUT2D eigenvalue weighted by molar-refractivity contribution is 0.119. The van der Waals surface area contributed by atoms with E-state index in [1.807, 2.05) is 0 Å². The van der Waals surface area contributed by atoms with Crippen molar-refractivity contribution in [2.75, 3.05) is 39.1 Å². The molecule has 0 saturated heterocycles. The summed E-state index contributed by atoms with van der Waals surface area (Å²) >= 11 is 4.10. The van der Waals surface area contributed by atoms with Gasteiger partial charge in [0, 0.05) is 18.8 Å². The summed E-state index contributed by atoms with van der Waals surface area (Å²) in [6, 6.07) is 0. The maximum absolute atomic E-state index is 5.40. The summed E-state index contributed by atoms with van der Waals surface area (Å²) in [5.74, 6) is 1.77. The zero-order valence-electron chi connectivity index (χ0n) is 9.24. The first kappa shape index (κ1) is 12.3. The van der Waals surface area contributed by atoms with Gasteiger partial charge in [0.25, 0.3) is 0 Å². The number of likely N-dealkylation sites (N-methyl/N-ethyl adjacent to an activating group) is 1. The molecule has 84 valence electrons. The van der Waals surface area contributed by atoms with Crippen molar-refractivity contribution in [2.45, 2.75) is 25.7 Å². The SMILES string of the molecule is CN(CCOCCS)CC1CCCC1. The van der Waals surface area contributed by atoms with Crippen LogP contribution in [0, 0.1) is 5.92 Å². The molecule has 0 aromatic rings. The molecule has 0 bridgehead atoms. The number of hydrogen-bond donors (Lipinski definition) is 1. The first-order chi connectivity index (χ1) is 6.83. The van der Waals surface area contributed by atoms with Gasteiger partial charge in [-0.05, 0) is 25.8 Å². The second-order valence-corrected chi connectivity index (χ2v) is 4.70. The highest BCUT2D eigenvalue weighted by atomic mass is 32.1. The van der Waals surface area contributed by atoms with Crippen molar-refractivity contribution in [3.05, 3.63) is 0 Å². The number of thiol groups is 1. The van der Waals surface area contributed by atoms with E-state index in [2.05, 4.69) is 24.6 Å². The highest BCUT2D eigenvalue weighted by Crippen LogP contribution is 2.24. The van der Waals surface area contributed by atoms with Crippen LogP contribution in [0.1, 0.15) is 25.7 Å². The number of hydrogen-bond acceptors (Lipinski definition) is 3. The van der Waals surface area contributed by atoms with Crippen LogP contribution >= 0.6 is 12.6 Å². The molecule has 14 heavy (non-hydrogen) atoms. The fourth-order valence-corrected chi connectivity index (χ4v) is 2.24. The predicted molar refractivity (Wildman–Crippen MR) is 64.1 cm³/mol. The molecule has 1 saturated carbocycles. The molecule has 0 spiro atoms. The molecule has 0 aliphatic heterocycles. The molecule has 3 heteroatoms. The number of ether oxygens (including phenoxy) is 1. The van der Waals surface area contributed by atoms with Crippen molar-refractivity contribution < 1.29 is 4.74 Å². The fourth-order valence-electron chi connectivity index (χ4n) is 2.11. The van der Waals surface area contributed by atoms with Crippen LogP contribution in [0.3, 0.4) is 0 Å². The van der Waals surface area contributed by atoms with Gasteiger partial charge in [-0.2, -0.15) is 12.6 Å². The van der Waals surface area contributed by atoms with Crippen LogP contribution in [0.15, 0.2) is 0 Å². The zero-order chi connectivity index (χ0) is 10.2. The smallest absolute Gasteiger partial charge is 0.0593 e. The van der Waals surface area contributed by atoms with Gasteiger partial charge in [0.1, 0.15) is 0 Å². The third kappa shape index (κ3) is 5.23. The average molecular weight is 217 g/mol. The fraction of sp³-hybridized carbons (Fsp3) is 1.00. The van der Waals surface area contributed by atoms with Crippen molar-refractivity contribution in [2.24, 2.45) is 5.92 Å². The summed E-state index contributed by atoms with van der Waals surface area (Å²) < 4.78 is 5.40. The molecule has 1 aliphatic rings. The summed E-state index contributed by atoms with van der Waals surface area (Å²) in [6.45, 7) is 3.94. The first-order valence-corrected chi connectivity index (χ1v) is 6.33. The maximum Gasteiger partial charge on any atom is 0.0593 e. The minimum absolute atomic E-state index is 0.778. The van der Waals surface area contributed by atoms with Crippen LogP contribution in [0.4, 0.5) is 0 Å². The van der Waals surface area contributed by atoms with E-state index in [0.717, 1.165) is 31.4 Å². The standard InChI is InChI=1S/C11H23NOS/c1-12(6-7-13-8-9-14)10-11-4-2-3-5-11/h11,14H,2-10H2,1H3. The third-order valence-corrected chi connectivity index (χ3v) is 3.08. The van der Waals surface area contributed by atoms with Gasteiger partial charge in [-0.15, -0.1) is 0 Å². The highest BCUT2D eigenvalue weighted by Gasteiger charge is 2.16. The van der Waals surface area contributed by atoms with Gasteiger partial charge < -0.3 is 9.64 Å². The Morgan fingerprint density at radius 1 is 1.29 bits per heavy atom. The van der Waals surface area contributed by atoms with Gasteiger partial charge in [0.2, 0.25) is 0 Å². The molecule has 0 heterocycles. The van der Waals surface area contributed by atoms with E-state index in [-0.39, 0.29) is 0 Å². The Morgan fingerprint density at radius 3 is 2.64 bits per heavy atom. The van der Waals surface area contributed by atoms with Crippen molar-refractivity contribution in [1.29, 1.82) is 0 Å². The number of rotatable bonds is 7. The Hall–Kier alpha value is 0.270. The van der Waals surface area contributed by atoms with E-state index in [0.29, 0.717) is 0 Å². The lowest BCUT2D eigenvalue weighted by Crippen LogP contribution is -2.28. The van der Waals surface area contributed by atoms with Gasteiger partial charge in [0.15, 0.2) is 0 Å². The maximum atomic E-state index is 5.40. The second kappa shape index (κ2) is 7.55. The molecule has 0 aromatic heterocycles. The second-order valence-electron chi connectivity index (χ2n) is 4.25. The molecule has 0 N–H and O–H groups in total. The third-order valence-electron chi connectivity index (χ3n) is 2.90. The Morgan fingerprint density at radius 2 is 2.00 bits per heavy atom. The van der Waals surface area contributed by atoms with E-state index < -0.39 is 0 Å². The Labute approximate surface area is 93.4 Å². The van der Waals surface area contributed by atoms with Gasteiger partial charge in [-0.25, -0.2) is 0 Å². The Bertz CT molecular complexity index is 137. The van der Waals surface area contributed by atoms with Crippen LogP contribution in [0.5, 0.6) is 0 Å². The molecule has 2 nitrogen and oxygen atoms in total. The molecule has 0 radical (unpaired) electrons. The summed E-state index contributed by atoms with van der Waals surface area (Å²) in [7, 11) is 2.20. The molecular formula is C11H23NOS. The first-order valence-electron chi connectivity index (χ1n) is 5.70. The quantitative estimate of drug-likeness (QED) is 0.517. The monoisotopic (exact) mass is 217 g/mol. The minimum Gasteiger partial charge on any atom is -0.379 e. The molecule has 0 atom stereocenters. The molecular weight excluding hydrogens is 194 g/mol. The van der Waals surface area contributed by atoms with Crippen LogP contribution < -0.4 is 0 Å². The molecule has 1 fully saturated rings. The zero-order valence-corrected chi connectivity index (χ0v) is 10.1. The lowest BCUT2D eigenvalue weighted by atomic mass is 10.1. The van der Waals surface area contributed by atoms with Crippen molar-refractivity contribution in [1.82, 2.24) is 4.90 Å². The van der Waals surface area contributed by atoms with Gasteiger partial charge in [-0.3, -0.25) is 0 Å². The van der Waals surface area contributed by atoms with Crippen molar-refractivity contribution >= 4 is 12.6 Å². The average Bonchev–Trinajstić information content (AvgIpc) is 2.65. The Kier molecular flexibility index (Phi) is 6.65. The summed E-state index contributed by atoms with van der Waals surface area (Å²) in [5.41, 5.74) is 0. The summed E-state index contributed by atoms with van der Waals surface area (Å²) in [4.78, 5) is 2.40. The van der Waals surface area contributed by atoms with Gasteiger partial charge in [-0.1, -0.05) is 12.8 Å². The lowest BCUT2D eigenvalue weighted by Gasteiger charge is -2.20. The largest absolute Gasteiger partial charge is 0.379 e. The van der Waals surface area contributed by atoms with Crippen LogP contribution in [-0.4, -0.2) is 44.0 Å². The molecule has 0 amide bonds. The molecule has 0 unspecified atom stereocenters. The van der Waals surface area contributed by atoms with Crippen LogP contribution in [-0.2, 0) is 4.74 Å². The van der Waals surface area contributed by atoms with Crippen molar-refractivity contribution in [3.63, 3.8) is 0 Å². The van der Waals surface area contributed by atoms with E-state index in [1.54, 1.807) is 0 Å². The molecule has 1 aliphatic carbocycles. The Balaban J connectivity index is 1.95. The predicted octanol–water partition coefficient (Wildman–Crippen LogP) is 2.05. The van der Waals surface area contributed by atoms with E-state index in [1.165, 1.54) is 32.2 Å². The van der Waals surface area contributed by atoms with Gasteiger partial charge in [0.05, 0.1) is 13.2 Å². The van der Waals surface area contributed by atoms with Crippen molar-refractivity contribution in [3.8, 4) is 0 Å². The molecule has 0 aromatic carbocycles.